The molecule has 0 N–H and O–H groups in total. The molecule has 4 heteroatoms. The van der Waals surface area contributed by atoms with Gasteiger partial charge in [-0.1, -0.05) is 38.8 Å². The summed E-state index contributed by atoms with van der Waals surface area (Å²) in [5.74, 6) is -2.02. The molecule has 2 aliphatic rings. The van der Waals surface area contributed by atoms with Gasteiger partial charge in [0.15, 0.2) is 0 Å². The molecule has 0 heterocycles. The smallest absolute Gasteiger partial charge is 0.351 e. The van der Waals surface area contributed by atoms with Gasteiger partial charge in [0.25, 0.3) is 0 Å². The molecular weight excluding hydrogens is 256 g/mol. The molecule has 2 rings (SSSR count). The third-order valence-corrected chi connectivity index (χ3v) is 3.93. The largest absolute Gasteiger partial charge is 0.401 e. The fourth-order valence-corrected chi connectivity index (χ4v) is 2.87. The van der Waals surface area contributed by atoms with Gasteiger partial charge >= 0.3 is 11.9 Å². The SMILES string of the molecule is C=CC(=O)OC(C=C)(OC1CCCC1)OC1CCCC1. The van der Waals surface area contributed by atoms with Crippen LogP contribution in [0, 0.1) is 0 Å². The Labute approximate surface area is 120 Å². The zero-order chi connectivity index (χ0) is 14.4. The summed E-state index contributed by atoms with van der Waals surface area (Å²) in [4.78, 5) is 11.6. The highest BCUT2D eigenvalue weighted by Crippen LogP contribution is 2.33. The second-order valence-electron chi connectivity index (χ2n) is 5.48. The van der Waals surface area contributed by atoms with Crippen LogP contribution in [-0.2, 0) is 19.0 Å². The van der Waals surface area contributed by atoms with E-state index in [0.29, 0.717) is 0 Å². The van der Waals surface area contributed by atoms with E-state index < -0.39 is 11.9 Å². The predicted molar refractivity (Wildman–Crippen MR) is 75.9 cm³/mol. The van der Waals surface area contributed by atoms with Gasteiger partial charge in [0.05, 0.1) is 12.2 Å². The maximum absolute atomic E-state index is 11.6. The highest BCUT2D eigenvalue weighted by atomic mass is 16.9. The average Bonchev–Trinajstić information content (AvgIpc) is 3.12. The Balaban J connectivity index is 2.06. The fourth-order valence-electron chi connectivity index (χ4n) is 2.87. The maximum Gasteiger partial charge on any atom is 0.351 e. The monoisotopic (exact) mass is 280 g/mol. The van der Waals surface area contributed by atoms with Crippen LogP contribution in [0.1, 0.15) is 51.4 Å². The number of rotatable bonds is 7. The highest BCUT2D eigenvalue weighted by Gasteiger charge is 2.40. The summed E-state index contributed by atoms with van der Waals surface area (Å²) in [5.41, 5.74) is 0. The number of hydrogen-bond acceptors (Lipinski definition) is 4. The van der Waals surface area contributed by atoms with E-state index in [0.717, 1.165) is 57.4 Å². The molecule has 0 saturated heterocycles. The van der Waals surface area contributed by atoms with Gasteiger partial charge in [-0.2, -0.15) is 0 Å². The molecule has 4 nitrogen and oxygen atoms in total. The minimum Gasteiger partial charge on any atom is -0.401 e. The molecular formula is C16H24O4. The highest BCUT2D eigenvalue weighted by molar-refractivity contribution is 5.81. The molecule has 0 aromatic rings. The summed E-state index contributed by atoms with van der Waals surface area (Å²) >= 11 is 0. The van der Waals surface area contributed by atoms with Crippen molar-refractivity contribution >= 4 is 5.97 Å². The number of carbonyl (C=O) groups excluding carboxylic acids is 1. The van der Waals surface area contributed by atoms with Gasteiger partial charge in [-0.25, -0.2) is 4.79 Å². The lowest BCUT2D eigenvalue weighted by Gasteiger charge is -2.34. The first kappa shape index (κ1) is 15.3. The number of esters is 1. The average molecular weight is 280 g/mol. The van der Waals surface area contributed by atoms with Crippen molar-refractivity contribution in [3.05, 3.63) is 25.3 Å². The summed E-state index contributed by atoms with van der Waals surface area (Å²) in [5, 5.41) is 0. The van der Waals surface area contributed by atoms with Gasteiger partial charge in [-0.05, 0) is 25.7 Å². The standard InChI is InChI=1S/C16H24O4/c1-3-15(17)20-16(4-2,18-13-9-5-6-10-13)19-14-11-7-8-12-14/h3-4,13-14H,1-2,5-12H2. The molecule has 0 amide bonds. The lowest BCUT2D eigenvalue weighted by molar-refractivity contribution is -0.358. The summed E-state index contributed by atoms with van der Waals surface area (Å²) in [6.45, 7) is 7.17. The van der Waals surface area contributed by atoms with Crippen molar-refractivity contribution in [1.29, 1.82) is 0 Å². The first-order valence-electron chi connectivity index (χ1n) is 7.52. The zero-order valence-corrected chi connectivity index (χ0v) is 12.0. The summed E-state index contributed by atoms with van der Waals surface area (Å²) in [6, 6.07) is 0. The summed E-state index contributed by atoms with van der Waals surface area (Å²) in [6.07, 6.45) is 11.1. The molecule has 0 radical (unpaired) electrons. The van der Waals surface area contributed by atoms with E-state index in [1.807, 2.05) is 0 Å². The van der Waals surface area contributed by atoms with Gasteiger partial charge in [0, 0.05) is 12.2 Å². The van der Waals surface area contributed by atoms with Gasteiger partial charge < -0.3 is 14.2 Å². The molecule has 2 saturated carbocycles. The Morgan fingerprint density at radius 1 is 0.950 bits per heavy atom. The van der Waals surface area contributed by atoms with Crippen LogP contribution in [0.2, 0.25) is 0 Å². The van der Waals surface area contributed by atoms with E-state index in [2.05, 4.69) is 13.2 Å². The van der Waals surface area contributed by atoms with Crippen molar-refractivity contribution in [1.82, 2.24) is 0 Å². The molecule has 112 valence electrons. The molecule has 0 spiro atoms. The van der Waals surface area contributed by atoms with E-state index in [4.69, 9.17) is 14.2 Å². The van der Waals surface area contributed by atoms with Crippen LogP contribution in [0.3, 0.4) is 0 Å². The first-order chi connectivity index (χ1) is 9.67. The van der Waals surface area contributed by atoms with Gasteiger partial charge in [0.2, 0.25) is 0 Å². The van der Waals surface area contributed by atoms with Gasteiger partial charge in [-0.15, -0.1) is 0 Å². The number of ether oxygens (including phenoxy) is 3. The van der Waals surface area contributed by atoms with Crippen LogP contribution in [0.15, 0.2) is 25.3 Å². The van der Waals surface area contributed by atoms with Crippen LogP contribution in [0.25, 0.3) is 0 Å². The van der Waals surface area contributed by atoms with Crippen LogP contribution >= 0.6 is 0 Å². The van der Waals surface area contributed by atoms with Crippen molar-refractivity contribution in [2.45, 2.75) is 69.5 Å². The Bertz CT molecular complexity index is 333. The third-order valence-electron chi connectivity index (χ3n) is 3.93. The van der Waals surface area contributed by atoms with E-state index >= 15 is 0 Å². The zero-order valence-electron chi connectivity index (χ0n) is 12.0. The number of carbonyl (C=O) groups is 1. The third kappa shape index (κ3) is 3.93. The molecule has 0 bridgehead atoms. The topological polar surface area (TPSA) is 44.8 Å². The molecule has 2 fully saturated rings. The minimum absolute atomic E-state index is 0.0621. The number of hydrogen-bond donors (Lipinski definition) is 0. The summed E-state index contributed by atoms with van der Waals surface area (Å²) in [7, 11) is 0. The molecule has 0 aliphatic heterocycles. The molecule has 0 aromatic carbocycles. The van der Waals surface area contributed by atoms with E-state index in [-0.39, 0.29) is 12.2 Å². The molecule has 0 aromatic heterocycles. The lowest BCUT2D eigenvalue weighted by atomic mass is 10.3. The van der Waals surface area contributed by atoms with Crippen LogP contribution in [0.4, 0.5) is 0 Å². The molecule has 2 aliphatic carbocycles. The predicted octanol–water partition coefficient (Wildman–Crippen LogP) is 3.47. The molecule has 0 atom stereocenters. The Morgan fingerprint density at radius 2 is 1.40 bits per heavy atom. The van der Waals surface area contributed by atoms with E-state index in [9.17, 15) is 4.79 Å². The van der Waals surface area contributed by atoms with Crippen molar-refractivity contribution in [2.75, 3.05) is 0 Å². The van der Waals surface area contributed by atoms with Crippen molar-refractivity contribution < 1.29 is 19.0 Å². The van der Waals surface area contributed by atoms with Crippen molar-refractivity contribution in [3.8, 4) is 0 Å². The Kier molecular flexibility index (Phi) is 5.38. The van der Waals surface area contributed by atoms with Gasteiger partial charge in [0.1, 0.15) is 0 Å². The molecule has 0 unspecified atom stereocenters. The summed E-state index contributed by atoms with van der Waals surface area (Å²) < 4.78 is 17.2. The van der Waals surface area contributed by atoms with Crippen LogP contribution in [-0.4, -0.2) is 24.2 Å². The minimum atomic E-state index is -1.46. The van der Waals surface area contributed by atoms with E-state index in [1.54, 1.807) is 0 Å². The maximum atomic E-state index is 11.6. The van der Waals surface area contributed by atoms with Crippen molar-refractivity contribution in [3.63, 3.8) is 0 Å². The second kappa shape index (κ2) is 7.04. The Morgan fingerprint density at radius 3 is 1.75 bits per heavy atom. The van der Waals surface area contributed by atoms with Crippen LogP contribution in [0.5, 0.6) is 0 Å². The quantitative estimate of drug-likeness (QED) is 0.310. The first-order valence-corrected chi connectivity index (χ1v) is 7.52. The Hall–Kier alpha value is -1.13. The van der Waals surface area contributed by atoms with Gasteiger partial charge in [-0.3, -0.25) is 0 Å². The van der Waals surface area contributed by atoms with E-state index in [1.165, 1.54) is 6.08 Å². The lowest BCUT2D eigenvalue weighted by Crippen LogP contribution is -2.43. The fraction of sp³-hybridized carbons (Fsp3) is 0.688. The van der Waals surface area contributed by atoms with Crippen molar-refractivity contribution in [2.24, 2.45) is 0 Å². The second-order valence-corrected chi connectivity index (χ2v) is 5.48. The normalized spacial score (nSPS) is 21.0. The molecule has 20 heavy (non-hydrogen) atoms. The van der Waals surface area contributed by atoms with Crippen LogP contribution < -0.4 is 0 Å².